The van der Waals surface area contributed by atoms with Crippen LogP contribution in [0.5, 0.6) is 0 Å². The van der Waals surface area contributed by atoms with Gasteiger partial charge in [0.05, 0.1) is 0 Å². The third-order valence-electron chi connectivity index (χ3n) is 4.75. The van der Waals surface area contributed by atoms with Gasteiger partial charge in [-0.1, -0.05) is 64.5 Å². The van der Waals surface area contributed by atoms with Gasteiger partial charge in [0.15, 0.2) is 0 Å². The van der Waals surface area contributed by atoms with E-state index in [1.165, 1.54) is 28.4 Å². The van der Waals surface area contributed by atoms with E-state index in [2.05, 4.69) is 70.5 Å². The molecule has 2 heteroatoms. The summed E-state index contributed by atoms with van der Waals surface area (Å²) in [6.45, 7) is 0. The van der Waals surface area contributed by atoms with Crippen LogP contribution in [0.3, 0.4) is 0 Å². The van der Waals surface area contributed by atoms with Gasteiger partial charge in [0.2, 0.25) is 0 Å². The Labute approximate surface area is 135 Å². The van der Waals surface area contributed by atoms with Crippen LogP contribution in [0.1, 0.15) is 36.3 Å². The van der Waals surface area contributed by atoms with Gasteiger partial charge >= 0.3 is 0 Å². The second-order valence-electron chi connectivity index (χ2n) is 6.14. The molecule has 0 aromatic heterocycles. The largest absolute Gasteiger partial charge is 0.327 e. The van der Waals surface area contributed by atoms with Crippen LogP contribution in [0, 0.1) is 5.92 Å². The summed E-state index contributed by atoms with van der Waals surface area (Å²) in [6, 6.07) is 19.8. The fourth-order valence-electron chi connectivity index (χ4n) is 3.50. The van der Waals surface area contributed by atoms with Gasteiger partial charge in [-0.25, -0.2) is 0 Å². The van der Waals surface area contributed by atoms with E-state index in [0.717, 1.165) is 12.8 Å². The van der Waals surface area contributed by atoms with Gasteiger partial charge in [0.25, 0.3) is 0 Å². The molecule has 2 aromatic rings. The normalized spacial score (nSPS) is 25.7. The first-order chi connectivity index (χ1) is 10.2. The van der Waals surface area contributed by atoms with E-state index >= 15 is 0 Å². The lowest BCUT2D eigenvalue weighted by molar-refractivity contribution is 0.277. The highest BCUT2D eigenvalue weighted by molar-refractivity contribution is 9.10. The summed E-state index contributed by atoms with van der Waals surface area (Å²) in [4.78, 5) is 0. The van der Waals surface area contributed by atoms with E-state index in [1.807, 2.05) is 0 Å². The van der Waals surface area contributed by atoms with Gasteiger partial charge in [-0.3, -0.25) is 0 Å². The van der Waals surface area contributed by atoms with Gasteiger partial charge in [-0.05, 0) is 54.7 Å². The predicted octanol–water partition coefficient (Wildman–Crippen LogP) is 4.90. The number of hydrogen-bond acceptors (Lipinski definition) is 1. The molecule has 2 N–H and O–H groups in total. The monoisotopic (exact) mass is 343 g/mol. The number of benzene rings is 2. The van der Waals surface area contributed by atoms with Crippen LogP contribution in [0.4, 0.5) is 0 Å². The van der Waals surface area contributed by atoms with E-state index in [4.69, 9.17) is 5.73 Å². The van der Waals surface area contributed by atoms with Crippen molar-refractivity contribution in [3.63, 3.8) is 0 Å². The van der Waals surface area contributed by atoms with Crippen molar-refractivity contribution in [3.05, 3.63) is 70.2 Å². The first-order valence-corrected chi connectivity index (χ1v) is 8.57. The number of nitrogens with two attached hydrogens (primary N) is 1. The molecule has 0 aliphatic heterocycles. The molecule has 0 heterocycles. The summed E-state index contributed by atoms with van der Waals surface area (Å²) in [5, 5.41) is 0. The molecule has 1 fully saturated rings. The molecule has 0 saturated heterocycles. The van der Waals surface area contributed by atoms with Crippen LogP contribution in [-0.2, 0) is 6.42 Å². The van der Waals surface area contributed by atoms with Crippen molar-refractivity contribution >= 4 is 15.9 Å². The molecule has 1 aliphatic rings. The van der Waals surface area contributed by atoms with Crippen LogP contribution < -0.4 is 5.73 Å². The summed E-state index contributed by atoms with van der Waals surface area (Å²) >= 11 is 3.66. The molecule has 3 rings (SSSR count). The minimum absolute atomic E-state index is 0.331. The zero-order valence-corrected chi connectivity index (χ0v) is 13.8. The summed E-state index contributed by atoms with van der Waals surface area (Å²) < 4.78 is 1.21. The maximum absolute atomic E-state index is 6.40. The highest BCUT2D eigenvalue weighted by atomic mass is 79.9. The van der Waals surface area contributed by atoms with Crippen molar-refractivity contribution in [2.45, 2.75) is 37.6 Å². The minimum atomic E-state index is 0.331. The Hall–Kier alpha value is -1.12. The molecule has 0 bridgehead atoms. The van der Waals surface area contributed by atoms with Crippen molar-refractivity contribution in [1.82, 2.24) is 0 Å². The Morgan fingerprint density at radius 2 is 1.67 bits per heavy atom. The molecule has 1 saturated carbocycles. The van der Waals surface area contributed by atoms with Crippen molar-refractivity contribution in [1.29, 1.82) is 0 Å². The molecule has 2 aromatic carbocycles. The molecule has 0 amide bonds. The smallest absolute Gasteiger partial charge is 0.0207 e. The average Bonchev–Trinajstić information content (AvgIpc) is 2.52. The van der Waals surface area contributed by atoms with Crippen molar-refractivity contribution in [2.24, 2.45) is 11.7 Å². The molecule has 0 radical (unpaired) electrons. The first kappa shape index (κ1) is 14.8. The number of hydrogen-bond donors (Lipinski definition) is 1. The maximum atomic E-state index is 6.40. The second-order valence-corrected chi connectivity index (χ2v) is 6.99. The number of rotatable bonds is 3. The van der Waals surface area contributed by atoms with Gasteiger partial charge in [-0.15, -0.1) is 0 Å². The van der Waals surface area contributed by atoms with Gasteiger partial charge in [0.1, 0.15) is 0 Å². The van der Waals surface area contributed by atoms with Crippen LogP contribution in [-0.4, -0.2) is 6.04 Å². The Kier molecular flexibility index (Phi) is 4.77. The van der Waals surface area contributed by atoms with Gasteiger partial charge in [0, 0.05) is 10.5 Å². The number of halogens is 1. The van der Waals surface area contributed by atoms with E-state index < -0.39 is 0 Å². The fraction of sp³-hybridized carbons (Fsp3) is 0.368. The minimum Gasteiger partial charge on any atom is -0.327 e. The summed E-state index contributed by atoms with van der Waals surface area (Å²) in [5.41, 5.74) is 9.26. The molecule has 0 spiro atoms. The molecule has 110 valence electrons. The quantitative estimate of drug-likeness (QED) is 0.842. The summed E-state index contributed by atoms with van der Waals surface area (Å²) in [6.07, 6.45) is 4.63. The molecular formula is C19H22BrN. The van der Waals surface area contributed by atoms with Gasteiger partial charge < -0.3 is 5.73 Å². The van der Waals surface area contributed by atoms with Crippen LogP contribution >= 0.6 is 15.9 Å². The molecule has 3 atom stereocenters. The Balaban J connectivity index is 1.74. The van der Waals surface area contributed by atoms with Crippen molar-refractivity contribution in [2.75, 3.05) is 0 Å². The topological polar surface area (TPSA) is 26.0 Å². The molecule has 1 nitrogen and oxygen atoms in total. The fourth-order valence-corrected chi connectivity index (χ4v) is 3.94. The van der Waals surface area contributed by atoms with E-state index in [1.54, 1.807) is 0 Å². The predicted molar refractivity (Wildman–Crippen MR) is 92.3 cm³/mol. The highest BCUT2D eigenvalue weighted by Gasteiger charge is 2.29. The molecule has 3 unspecified atom stereocenters. The van der Waals surface area contributed by atoms with E-state index in [-0.39, 0.29) is 0 Å². The van der Waals surface area contributed by atoms with Crippen molar-refractivity contribution in [3.8, 4) is 0 Å². The molecule has 1 aliphatic carbocycles. The lowest BCUT2D eigenvalue weighted by Gasteiger charge is -2.34. The average molecular weight is 344 g/mol. The molecular weight excluding hydrogens is 322 g/mol. The summed E-state index contributed by atoms with van der Waals surface area (Å²) in [5.74, 6) is 1.24. The van der Waals surface area contributed by atoms with Crippen LogP contribution in [0.25, 0.3) is 0 Å². The van der Waals surface area contributed by atoms with Gasteiger partial charge in [-0.2, -0.15) is 0 Å². The van der Waals surface area contributed by atoms with E-state index in [0.29, 0.717) is 17.9 Å². The van der Waals surface area contributed by atoms with Crippen LogP contribution in [0.15, 0.2) is 59.1 Å². The lowest BCUT2D eigenvalue weighted by atomic mass is 9.73. The van der Waals surface area contributed by atoms with E-state index in [9.17, 15) is 0 Å². The summed E-state index contributed by atoms with van der Waals surface area (Å²) in [7, 11) is 0. The Morgan fingerprint density at radius 3 is 2.43 bits per heavy atom. The Bertz CT molecular complexity index is 581. The zero-order valence-electron chi connectivity index (χ0n) is 12.2. The standard InChI is InChI=1S/C19H22BrN/c20-18-9-5-4-8-16(18)13-17-12-15(10-11-19(17)21)14-6-2-1-3-7-14/h1-9,15,17,19H,10-13,21H2. The Morgan fingerprint density at radius 1 is 0.952 bits per heavy atom. The third kappa shape index (κ3) is 3.56. The first-order valence-electron chi connectivity index (χ1n) is 7.78. The zero-order chi connectivity index (χ0) is 14.7. The second kappa shape index (κ2) is 6.76. The molecule has 21 heavy (non-hydrogen) atoms. The third-order valence-corrected chi connectivity index (χ3v) is 5.53. The highest BCUT2D eigenvalue weighted by Crippen LogP contribution is 2.37. The lowest BCUT2D eigenvalue weighted by Crippen LogP contribution is -2.36. The maximum Gasteiger partial charge on any atom is 0.0207 e. The SMILES string of the molecule is NC1CCC(c2ccccc2)CC1Cc1ccccc1Br. The van der Waals surface area contributed by atoms with Crippen molar-refractivity contribution < 1.29 is 0 Å². The van der Waals surface area contributed by atoms with Crippen LogP contribution in [0.2, 0.25) is 0 Å².